The number of hydrogen-bond donors (Lipinski definition) is 1. The summed E-state index contributed by atoms with van der Waals surface area (Å²) in [6.07, 6.45) is 1.60. The van der Waals surface area contributed by atoms with Gasteiger partial charge in [-0.1, -0.05) is 18.2 Å². The topological polar surface area (TPSA) is 73.8 Å². The average Bonchev–Trinajstić information content (AvgIpc) is 2.76. The van der Waals surface area contributed by atoms with Crippen LogP contribution in [0, 0.1) is 0 Å². The van der Waals surface area contributed by atoms with Crippen molar-refractivity contribution in [3.05, 3.63) is 48.3 Å². The third kappa shape index (κ3) is 2.18. The van der Waals surface area contributed by atoms with Crippen LogP contribution in [0.3, 0.4) is 0 Å². The van der Waals surface area contributed by atoms with Gasteiger partial charge in [0.15, 0.2) is 0 Å². The summed E-state index contributed by atoms with van der Waals surface area (Å²) in [6, 6.07) is 11.3. The highest BCUT2D eigenvalue weighted by Crippen LogP contribution is 2.21. The largest absolute Gasteiger partial charge is 0.396 e. The van der Waals surface area contributed by atoms with Crippen LogP contribution in [0.5, 0.6) is 0 Å². The van der Waals surface area contributed by atoms with Gasteiger partial charge in [0.1, 0.15) is 5.03 Å². The zero-order valence-corrected chi connectivity index (χ0v) is 11.8. The van der Waals surface area contributed by atoms with Gasteiger partial charge in [0.05, 0.1) is 33.5 Å². The van der Waals surface area contributed by atoms with Crippen molar-refractivity contribution in [2.45, 2.75) is 10.8 Å². The number of nitrogens with two attached hydrogens (primary N) is 1. The van der Waals surface area contributed by atoms with E-state index in [9.17, 15) is 4.21 Å². The molecule has 1 atom stereocenters. The Kier molecular flexibility index (Phi) is 3.23. The Morgan fingerprint density at radius 3 is 2.85 bits per heavy atom. The van der Waals surface area contributed by atoms with Crippen LogP contribution in [0.1, 0.15) is 5.69 Å². The lowest BCUT2D eigenvalue weighted by atomic mass is 10.2. The number of anilines is 1. The monoisotopic (exact) mass is 286 g/mol. The standard InChI is InChI=1S/C14H14N4OS/c1-18-13-7-3-2-5-10(13)12(17-18)9-20(19)14-11(15)6-4-8-16-14/h2-8H,9,15H2,1H3. The first kappa shape index (κ1) is 12.8. The van der Waals surface area contributed by atoms with E-state index < -0.39 is 10.8 Å². The highest BCUT2D eigenvalue weighted by Gasteiger charge is 2.15. The summed E-state index contributed by atoms with van der Waals surface area (Å²) in [4.78, 5) is 4.10. The van der Waals surface area contributed by atoms with Gasteiger partial charge in [-0.15, -0.1) is 0 Å². The van der Waals surface area contributed by atoms with Gasteiger partial charge >= 0.3 is 0 Å². The lowest BCUT2D eigenvalue weighted by Gasteiger charge is -2.02. The molecule has 0 spiro atoms. The molecule has 3 rings (SSSR count). The maximum Gasteiger partial charge on any atom is 0.150 e. The summed E-state index contributed by atoms with van der Waals surface area (Å²) in [5, 5.41) is 5.87. The van der Waals surface area contributed by atoms with E-state index >= 15 is 0 Å². The number of rotatable bonds is 3. The minimum atomic E-state index is -1.30. The number of aryl methyl sites for hydroxylation is 1. The van der Waals surface area contributed by atoms with Crippen molar-refractivity contribution < 1.29 is 4.21 Å². The Balaban J connectivity index is 1.98. The molecule has 2 heterocycles. The van der Waals surface area contributed by atoms with Crippen molar-refractivity contribution in [2.24, 2.45) is 7.05 Å². The molecule has 0 aliphatic heterocycles. The Hall–Kier alpha value is -2.21. The van der Waals surface area contributed by atoms with E-state index in [1.54, 1.807) is 23.0 Å². The second-order valence-corrected chi connectivity index (χ2v) is 5.84. The van der Waals surface area contributed by atoms with Gasteiger partial charge in [0, 0.05) is 18.6 Å². The van der Waals surface area contributed by atoms with Crippen LogP contribution in [0.2, 0.25) is 0 Å². The molecule has 0 fully saturated rings. The van der Waals surface area contributed by atoms with Crippen molar-refractivity contribution in [2.75, 3.05) is 5.73 Å². The molecule has 0 radical (unpaired) electrons. The maximum atomic E-state index is 12.4. The third-order valence-electron chi connectivity index (χ3n) is 3.12. The van der Waals surface area contributed by atoms with Crippen molar-refractivity contribution in [3.8, 4) is 0 Å². The fourth-order valence-electron chi connectivity index (χ4n) is 2.18. The minimum Gasteiger partial charge on any atom is -0.396 e. The molecule has 5 nitrogen and oxygen atoms in total. The fraction of sp³-hybridized carbons (Fsp3) is 0.143. The predicted molar refractivity (Wildman–Crippen MR) is 79.5 cm³/mol. The first-order chi connectivity index (χ1) is 9.66. The number of nitrogens with zero attached hydrogens (tertiary/aromatic N) is 3. The van der Waals surface area contributed by atoms with Crippen LogP contribution in [0.15, 0.2) is 47.6 Å². The molecule has 0 aliphatic carbocycles. The number of fused-ring (bicyclic) bond motifs is 1. The van der Waals surface area contributed by atoms with Crippen molar-refractivity contribution in [1.29, 1.82) is 0 Å². The molecule has 0 saturated heterocycles. The summed E-state index contributed by atoms with van der Waals surface area (Å²) >= 11 is 0. The lowest BCUT2D eigenvalue weighted by Crippen LogP contribution is -2.04. The zero-order chi connectivity index (χ0) is 14.1. The van der Waals surface area contributed by atoms with Crippen LogP contribution >= 0.6 is 0 Å². The first-order valence-corrected chi connectivity index (χ1v) is 7.48. The van der Waals surface area contributed by atoms with Gasteiger partial charge in [0.25, 0.3) is 0 Å². The van der Waals surface area contributed by atoms with E-state index in [2.05, 4.69) is 10.1 Å². The number of para-hydroxylation sites is 1. The maximum absolute atomic E-state index is 12.4. The summed E-state index contributed by atoms with van der Waals surface area (Å²) in [5.41, 5.74) is 8.08. The number of aromatic nitrogens is 3. The van der Waals surface area contributed by atoms with Crippen LogP contribution < -0.4 is 5.73 Å². The smallest absolute Gasteiger partial charge is 0.150 e. The summed E-state index contributed by atoms with van der Waals surface area (Å²) < 4.78 is 14.2. The summed E-state index contributed by atoms with van der Waals surface area (Å²) in [6.45, 7) is 0. The summed E-state index contributed by atoms with van der Waals surface area (Å²) in [5.74, 6) is 0.308. The molecule has 102 valence electrons. The molecule has 6 heteroatoms. The lowest BCUT2D eigenvalue weighted by molar-refractivity contribution is 0.678. The molecule has 2 N–H and O–H groups in total. The van der Waals surface area contributed by atoms with Crippen molar-refractivity contribution in [3.63, 3.8) is 0 Å². The quantitative estimate of drug-likeness (QED) is 0.797. The Morgan fingerprint density at radius 2 is 2.05 bits per heavy atom. The SMILES string of the molecule is Cn1nc(CS(=O)c2ncccc2N)c2ccccc21. The number of nitrogen functional groups attached to an aromatic ring is 1. The van der Waals surface area contributed by atoms with E-state index in [1.165, 1.54) is 0 Å². The van der Waals surface area contributed by atoms with E-state index in [4.69, 9.17) is 5.73 Å². The van der Waals surface area contributed by atoms with E-state index in [-0.39, 0.29) is 0 Å². The van der Waals surface area contributed by atoms with Gasteiger partial charge < -0.3 is 5.73 Å². The van der Waals surface area contributed by atoms with Gasteiger partial charge in [-0.2, -0.15) is 5.10 Å². The fourth-order valence-corrected chi connectivity index (χ4v) is 3.29. The molecule has 0 bridgehead atoms. The van der Waals surface area contributed by atoms with Crippen molar-refractivity contribution >= 4 is 27.4 Å². The molecule has 2 aromatic heterocycles. The normalized spacial score (nSPS) is 12.7. The molecule has 3 aromatic rings. The minimum absolute atomic E-state index is 0.308. The van der Waals surface area contributed by atoms with Crippen LogP contribution in [-0.2, 0) is 23.6 Å². The van der Waals surface area contributed by atoms with Crippen LogP contribution in [-0.4, -0.2) is 19.0 Å². The van der Waals surface area contributed by atoms with Gasteiger partial charge in [-0.3, -0.25) is 8.89 Å². The second-order valence-electron chi connectivity index (χ2n) is 4.48. The highest BCUT2D eigenvalue weighted by molar-refractivity contribution is 7.84. The molecule has 0 saturated carbocycles. The van der Waals surface area contributed by atoms with E-state index in [1.807, 2.05) is 31.3 Å². The molecular weight excluding hydrogens is 272 g/mol. The molecule has 0 aliphatic rings. The Morgan fingerprint density at radius 1 is 1.25 bits per heavy atom. The van der Waals surface area contributed by atoms with Gasteiger partial charge in [-0.25, -0.2) is 4.98 Å². The molecule has 1 aromatic carbocycles. The average molecular weight is 286 g/mol. The van der Waals surface area contributed by atoms with Crippen molar-refractivity contribution in [1.82, 2.24) is 14.8 Å². The Bertz CT molecular complexity index is 797. The van der Waals surface area contributed by atoms with Gasteiger partial charge in [-0.05, 0) is 18.2 Å². The van der Waals surface area contributed by atoms with Crippen LogP contribution in [0.4, 0.5) is 5.69 Å². The highest BCUT2D eigenvalue weighted by atomic mass is 32.2. The number of hydrogen-bond acceptors (Lipinski definition) is 4. The van der Waals surface area contributed by atoms with E-state index in [0.717, 1.165) is 16.6 Å². The Labute approximate surface area is 118 Å². The predicted octanol–water partition coefficient (Wildman–Crippen LogP) is 1.86. The molecule has 1 unspecified atom stereocenters. The van der Waals surface area contributed by atoms with Crippen LogP contribution in [0.25, 0.3) is 10.9 Å². The third-order valence-corrected chi connectivity index (χ3v) is 4.43. The van der Waals surface area contributed by atoms with E-state index in [0.29, 0.717) is 16.5 Å². The first-order valence-electron chi connectivity index (χ1n) is 6.16. The van der Waals surface area contributed by atoms with Gasteiger partial charge in [0.2, 0.25) is 0 Å². The number of benzene rings is 1. The number of pyridine rings is 1. The molecule has 20 heavy (non-hydrogen) atoms. The summed E-state index contributed by atoms with van der Waals surface area (Å²) in [7, 11) is 0.578. The zero-order valence-electron chi connectivity index (χ0n) is 11.0. The molecular formula is C14H14N4OS. The second kappa shape index (κ2) is 5.05. The molecule has 0 amide bonds.